The number of rotatable bonds is 7. The van der Waals surface area contributed by atoms with Gasteiger partial charge in [-0.05, 0) is 36.8 Å². The molecule has 166 valence electrons. The Bertz CT molecular complexity index is 1130. The maximum Gasteiger partial charge on any atom is 0.230 e. The number of anilines is 2. The van der Waals surface area contributed by atoms with Gasteiger partial charge in [-0.15, -0.1) is 10.2 Å². The molecular formula is C23H24N4O4S. The summed E-state index contributed by atoms with van der Waals surface area (Å²) in [5.41, 5.74) is 2.82. The van der Waals surface area contributed by atoms with Gasteiger partial charge in [0.05, 0.1) is 20.6 Å². The van der Waals surface area contributed by atoms with E-state index in [1.54, 1.807) is 31.3 Å². The van der Waals surface area contributed by atoms with E-state index < -0.39 is 0 Å². The van der Waals surface area contributed by atoms with Crippen LogP contribution in [0.3, 0.4) is 0 Å². The molecule has 1 saturated heterocycles. The summed E-state index contributed by atoms with van der Waals surface area (Å²) < 4.78 is 10.5. The van der Waals surface area contributed by atoms with Crippen LogP contribution in [0.25, 0.3) is 0 Å². The third-order valence-corrected chi connectivity index (χ3v) is 6.32. The van der Waals surface area contributed by atoms with Crippen LogP contribution < -0.4 is 19.7 Å². The minimum atomic E-state index is -0.205. The molecule has 32 heavy (non-hydrogen) atoms. The van der Waals surface area contributed by atoms with Crippen LogP contribution in [0.15, 0.2) is 42.5 Å². The third-order valence-electron chi connectivity index (χ3n) is 5.32. The van der Waals surface area contributed by atoms with Gasteiger partial charge in [0.1, 0.15) is 5.01 Å². The van der Waals surface area contributed by atoms with Gasteiger partial charge in [-0.3, -0.25) is 9.59 Å². The van der Waals surface area contributed by atoms with Crippen molar-refractivity contribution < 1.29 is 19.1 Å². The highest BCUT2D eigenvalue weighted by Gasteiger charge is 2.34. The first kappa shape index (κ1) is 21.8. The molecular weight excluding hydrogens is 428 g/mol. The summed E-state index contributed by atoms with van der Waals surface area (Å²) in [6.45, 7) is 2.57. The Morgan fingerprint density at radius 2 is 1.88 bits per heavy atom. The monoisotopic (exact) mass is 452 g/mol. The van der Waals surface area contributed by atoms with E-state index in [4.69, 9.17) is 9.47 Å². The molecule has 8 nitrogen and oxygen atoms in total. The fourth-order valence-corrected chi connectivity index (χ4v) is 4.49. The normalized spacial score (nSPS) is 15.7. The Labute approximate surface area is 190 Å². The number of hydrogen-bond acceptors (Lipinski definition) is 7. The molecule has 4 rings (SSSR count). The molecule has 9 heteroatoms. The zero-order valence-electron chi connectivity index (χ0n) is 18.1. The van der Waals surface area contributed by atoms with Crippen LogP contribution in [-0.2, 0) is 16.0 Å². The lowest BCUT2D eigenvalue weighted by atomic mass is 10.1. The molecule has 1 aliphatic rings. The number of nitrogens with zero attached hydrogens (tertiary/aromatic N) is 3. The van der Waals surface area contributed by atoms with E-state index in [2.05, 4.69) is 15.5 Å². The number of carbonyl (C=O) groups is 2. The molecule has 2 heterocycles. The van der Waals surface area contributed by atoms with Crippen molar-refractivity contribution in [1.29, 1.82) is 0 Å². The van der Waals surface area contributed by atoms with Crippen LogP contribution in [0.1, 0.15) is 28.5 Å². The highest BCUT2D eigenvalue weighted by Crippen LogP contribution is 2.34. The summed E-state index contributed by atoms with van der Waals surface area (Å²) in [4.78, 5) is 26.8. The standard InChI is InChI=1S/C23H24N4O4S/c1-14-4-7-17(8-5-14)27-13-16(12-21(27)29)22-25-26-23(32-22)24-20(28)11-15-6-9-18(30-2)19(10-15)31-3/h4-10,16H,11-13H2,1-3H3,(H,24,26,28). The Kier molecular flexibility index (Phi) is 6.36. The van der Waals surface area contributed by atoms with Gasteiger partial charge in [-0.2, -0.15) is 0 Å². The second-order valence-corrected chi connectivity index (χ2v) is 8.61. The maximum absolute atomic E-state index is 12.5. The van der Waals surface area contributed by atoms with Crippen LogP contribution >= 0.6 is 11.3 Å². The van der Waals surface area contributed by atoms with Gasteiger partial charge in [-0.1, -0.05) is 35.1 Å². The van der Waals surface area contributed by atoms with Crippen molar-refractivity contribution >= 4 is 34.0 Å². The van der Waals surface area contributed by atoms with Crippen molar-refractivity contribution in [2.75, 3.05) is 31.0 Å². The number of aromatic nitrogens is 2. The van der Waals surface area contributed by atoms with E-state index in [1.165, 1.54) is 11.3 Å². The summed E-state index contributed by atoms with van der Waals surface area (Å²) in [5, 5.41) is 12.3. The fourth-order valence-electron chi connectivity index (χ4n) is 3.64. The lowest BCUT2D eigenvalue weighted by Gasteiger charge is -2.16. The van der Waals surface area contributed by atoms with E-state index in [0.29, 0.717) is 29.6 Å². The predicted octanol–water partition coefficient (Wildman–Crippen LogP) is 3.57. The average Bonchev–Trinajstić information content (AvgIpc) is 3.40. The molecule has 1 aromatic heterocycles. The lowest BCUT2D eigenvalue weighted by Crippen LogP contribution is -2.24. The molecule has 0 saturated carbocycles. The van der Waals surface area contributed by atoms with Crippen molar-refractivity contribution in [3.05, 3.63) is 58.6 Å². The van der Waals surface area contributed by atoms with Crippen LogP contribution in [-0.4, -0.2) is 42.8 Å². The first-order chi connectivity index (χ1) is 15.5. The number of aryl methyl sites for hydroxylation is 1. The molecule has 3 aromatic rings. The second-order valence-electron chi connectivity index (χ2n) is 7.60. The van der Waals surface area contributed by atoms with Crippen LogP contribution in [0.2, 0.25) is 0 Å². The number of methoxy groups -OCH3 is 2. The zero-order valence-corrected chi connectivity index (χ0v) is 18.9. The first-order valence-electron chi connectivity index (χ1n) is 10.2. The topological polar surface area (TPSA) is 93.7 Å². The molecule has 0 aliphatic carbocycles. The van der Waals surface area contributed by atoms with Crippen LogP contribution in [0.5, 0.6) is 11.5 Å². The molecule has 2 aromatic carbocycles. The number of carbonyl (C=O) groups excluding carboxylic acids is 2. The van der Waals surface area contributed by atoms with E-state index >= 15 is 0 Å². The smallest absolute Gasteiger partial charge is 0.230 e. The quantitative estimate of drug-likeness (QED) is 0.589. The number of nitrogens with one attached hydrogen (secondary N) is 1. The van der Waals surface area contributed by atoms with Gasteiger partial charge in [0.25, 0.3) is 0 Å². The Morgan fingerprint density at radius 3 is 2.59 bits per heavy atom. The van der Waals surface area contributed by atoms with Gasteiger partial charge in [0.2, 0.25) is 16.9 Å². The molecule has 1 atom stereocenters. The molecule has 1 aliphatic heterocycles. The summed E-state index contributed by atoms with van der Waals surface area (Å²) in [5.74, 6) is 0.992. The van der Waals surface area contributed by atoms with Crippen molar-refractivity contribution in [3.63, 3.8) is 0 Å². The van der Waals surface area contributed by atoms with Crippen LogP contribution in [0.4, 0.5) is 10.8 Å². The van der Waals surface area contributed by atoms with Gasteiger partial charge in [0, 0.05) is 24.6 Å². The highest BCUT2D eigenvalue weighted by atomic mass is 32.1. The number of ether oxygens (including phenoxy) is 2. The maximum atomic E-state index is 12.5. The summed E-state index contributed by atoms with van der Waals surface area (Å²) in [6, 6.07) is 13.2. The second kappa shape index (κ2) is 9.35. The molecule has 1 fully saturated rings. The first-order valence-corrected chi connectivity index (χ1v) is 11.0. The highest BCUT2D eigenvalue weighted by molar-refractivity contribution is 7.15. The Balaban J connectivity index is 1.38. The van der Waals surface area contributed by atoms with Gasteiger partial charge in [-0.25, -0.2) is 0 Å². The van der Waals surface area contributed by atoms with E-state index in [1.807, 2.05) is 37.3 Å². The zero-order chi connectivity index (χ0) is 22.7. The summed E-state index contributed by atoms with van der Waals surface area (Å²) in [7, 11) is 3.12. The van der Waals surface area contributed by atoms with Crippen molar-refractivity contribution in [3.8, 4) is 11.5 Å². The molecule has 2 amide bonds. The van der Waals surface area contributed by atoms with Crippen molar-refractivity contribution in [1.82, 2.24) is 10.2 Å². The summed E-state index contributed by atoms with van der Waals surface area (Å²) >= 11 is 1.31. The fraction of sp³-hybridized carbons (Fsp3) is 0.304. The van der Waals surface area contributed by atoms with Crippen molar-refractivity contribution in [2.24, 2.45) is 0 Å². The largest absolute Gasteiger partial charge is 0.493 e. The van der Waals surface area contributed by atoms with E-state index in [9.17, 15) is 9.59 Å². The van der Waals surface area contributed by atoms with Crippen molar-refractivity contribution in [2.45, 2.75) is 25.7 Å². The minimum absolute atomic E-state index is 0.0437. The van der Waals surface area contributed by atoms with Gasteiger partial charge in [0.15, 0.2) is 11.5 Å². The third kappa shape index (κ3) is 4.72. The number of benzene rings is 2. The van der Waals surface area contributed by atoms with Crippen LogP contribution in [0, 0.1) is 6.92 Å². The molecule has 0 bridgehead atoms. The number of amides is 2. The Hall–Kier alpha value is -3.46. The predicted molar refractivity (Wildman–Crippen MR) is 123 cm³/mol. The lowest BCUT2D eigenvalue weighted by molar-refractivity contribution is -0.117. The average molecular weight is 453 g/mol. The minimum Gasteiger partial charge on any atom is -0.493 e. The SMILES string of the molecule is COc1ccc(CC(=O)Nc2nnc(C3CC(=O)N(c4ccc(C)cc4)C3)s2)cc1OC. The number of hydrogen-bond donors (Lipinski definition) is 1. The summed E-state index contributed by atoms with van der Waals surface area (Å²) in [6.07, 6.45) is 0.542. The van der Waals surface area contributed by atoms with E-state index in [-0.39, 0.29) is 24.2 Å². The molecule has 0 radical (unpaired) electrons. The molecule has 1 N–H and O–H groups in total. The molecule has 1 unspecified atom stereocenters. The van der Waals surface area contributed by atoms with Gasteiger partial charge < -0.3 is 19.7 Å². The molecule has 0 spiro atoms. The van der Waals surface area contributed by atoms with E-state index in [0.717, 1.165) is 21.8 Å². The van der Waals surface area contributed by atoms with Gasteiger partial charge >= 0.3 is 0 Å². The Morgan fingerprint density at radius 1 is 1.12 bits per heavy atom.